The molecule has 0 radical (unpaired) electrons. The summed E-state index contributed by atoms with van der Waals surface area (Å²) in [5.41, 5.74) is -7.44. The van der Waals surface area contributed by atoms with Gasteiger partial charge in [-0.3, -0.25) is 4.79 Å². The summed E-state index contributed by atoms with van der Waals surface area (Å²) in [6.45, 7) is 6.46. The van der Waals surface area contributed by atoms with Gasteiger partial charge in [0.1, 0.15) is 23.4 Å². The number of aliphatic hydroxyl groups excluding tert-OH is 1. The van der Waals surface area contributed by atoms with Gasteiger partial charge in [0.2, 0.25) is 6.29 Å². The van der Waals surface area contributed by atoms with Gasteiger partial charge in [0.15, 0.2) is 5.60 Å². The topological polar surface area (TPSA) is 189 Å². The van der Waals surface area contributed by atoms with Crippen LogP contribution in [0.1, 0.15) is 46.1 Å². The molecule has 3 saturated carbocycles. The van der Waals surface area contributed by atoms with E-state index in [1.807, 2.05) is 44.2 Å². The van der Waals surface area contributed by atoms with Crippen LogP contribution in [0, 0.1) is 34.0 Å². The van der Waals surface area contributed by atoms with E-state index in [9.17, 15) is 29.7 Å². The first-order valence-corrected chi connectivity index (χ1v) is 17.8. The van der Waals surface area contributed by atoms with Crippen molar-refractivity contribution in [2.45, 2.75) is 99.9 Å². The molecular formula is C38H44O14. The molecule has 1 spiro atoms. The van der Waals surface area contributed by atoms with E-state index >= 15 is 0 Å². The zero-order chi connectivity index (χ0) is 36.9. The van der Waals surface area contributed by atoms with Crippen LogP contribution >= 0.6 is 0 Å². The summed E-state index contributed by atoms with van der Waals surface area (Å²) in [6, 6.07) is 9.18. The Morgan fingerprint density at radius 3 is 2.46 bits per heavy atom. The fourth-order valence-electron chi connectivity index (χ4n) is 12.6. The minimum absolute atomic E-state index is 0.0228. The molecule has 4 saturated heterocycles. The van der Waals surface area contributed by atoms with E-state index < -0.39 is 111 Å². The van der Waals surface area contributed by atoms with Gasteiger partial charge in [-0.05, 0) is 31.1 Å². The van der Waals surface area contributed by atoms with Crippen LogP contribution in [0.4, 0.5) is 0 Å². The minimum Gasteiger partial charge on any atom is -0.469 e. The molecule has 2 bridgehead atoms. The predicted molar refractivity (Wildman–Crippen MR) is 174 cm³/mol. The van der Waals surface area contributed by atoms with Gasteiger partial charge >= 0.3 is 17.9 Å². The number of fused-ring (bicyclic) bond motifs is 7. The van der Waals surface area contributed by atoms with Crippen LogP contribution in [0.15, 0.2) is 48.7 Å². The number of methoxy groups -OCH3 is 1. The number of epoxide rings is 1. The van der Waals surface area contributed by atoms with Crippen molar-refractivity contribution in [3.8, 4) is 0 Å². The van der Waals surface area contributed by atoms with Gasteiger partial charge in [-0.25, -0.2) is 9.59 Å². The third kappa shape index (κ3) is 3.81. The molecule has 16 atom stereocenters. The van der Waals surface area contributed by atoms with Crippen LogP contribution in [0.5, 0.6) is 0 Å². The maximum Gasteiger partial charge on any atom is 0.366 e. The summed E-state index contributed by atoms with van der Waals surface area (Å²) in [5.74, 6) is -7.76. The lowest BCUT2D eigenvalue weighted by Crippen LogP contribution is -2.78. The van der Waals surface area contributed by atoms with Gasteiger partial charge in [0, 0.05) is 53.4 Å². The number of aliphatic hydroxyl groups is 3. The highest BCUT2D eigenvalue weighted by atomic mass is 16.7. The number of benzene rings is 1. The largest absolute Gasteiger partial charge is 0.469 e. The molecule has 14 heteroatoms. The fraction of sp³-hybridized carbons (Fsp3) is 0.658. The standard InChI is InChI=1S/C38H44O14/c1-19(39)49-22-16-23(50-25(40)12-11-20-9-7-6-8-10-20)35-18-48-37(44,30(42)45-5)29(35)33(3,28(41)26-27(35)32(22,2)17-47-26)38-24-15-21(34(38,4)52-38)36(43)13-14-46-31(36)51-24/h6-14,21-24,26-29,31,41,43-44H,15-18H2,1-5H3. The maximum atomic E-state index is 13.9. The van der Waals surface area contributed by atoms with E-state index in [-0.39, 0.29) is 19.6 Å². The quantitative estimate of drug-likeness (QED) is 0.165. The molecule has 9 rings (SSSR count). The lowest BCUT2D eigenvalue weighted by molar-refractivity contribution is -0.314. The first-order chi connectivity index (χ1) is 24.6. The monoisotopic (exact) mass is 724 g/mol. The predicted octanol–water partition coefficient (Wildman–Crippen LogP) is 1.39. The van der Waals surface area contributed by atoms with Crippen molar-refractivity contribution in [1.82, 2.24) is 0 Å². The molecule has 16 unspecified atom stereocenters. The van der Waals surface area contributed by atoms with Crippen LogP contribution < -0.4 is 0 Å². The van der Waals surface area contributed by atoms with Gasteiger partial charge in [-0.15, -0.1) is 0 Å². The highest BCUT2D eigenvalue weighted by molar-refractivity contribution is 5.87. The van der Waals surface area contributed by atoms with Gasteiger partial charge < -0.3 is 53.2 Å². The molecule has 280 valence electrons. The number of hydrogen-bond acceptors (Lipinski definition) is 14. The molecule has 8 aliphatic rings. The molecule has 3 N–H and O–H groups in total. The van der Waals surface area contributed by atoms with Crippen LogP contribution in [-0.2, 0) is 52.3 Å². The van der Waals surface area contributed by atoms with E-state index in [0.717, 1.165) is 12.7 Å². The average molecular weight is 725 g/mol. The first-order valence-electron chi connectivity index (χ1n) is 17.8. The molecule has 0 aromatic heterocycles. The highest BCUT2D eigenvalue weighted by Gasteiger charge is 2.96. The van der Waals surface area contributed by atoms with Crippen molar-refractivity contribution in [3.05, 3.63) is 54.3 Å². The third-order valence-electron chi connectivity index (χ3n) is 14.4. The number of hydrogen-bond donors (Lipinski definition) is 3. The van der Waals surface area contributed by atoms with Crippen molar-refractivity contribution in [1.29, 1.82) is 0 Å². The summed E-state index contributed by atoms with van der Waals surface area (Å²) in [4.78, 5) is 40.3. The highest BCUT2D eigenvalue weighted by Crippen LogP contribution is 2.82. The summed E-state index contributed by atoms with van der Waals surface area (Å²) in [6.07, 6.45) is -0.0874. The molecule has 14 nitrogen and oxygen atoms in total. The Morgan fingerprint density at radius 1 is 1.00 bits per heavy atom. The Balaban J connectivity index is 1.23. The van der Waals surface area contributed by atoms with Crippen molar-refractivity contribution in [2.24, 2.45) is 34.0 Å². The summed E-state index contributed by atoms with van der Waals surface area (Å²) in [7, 11) is 1.13. The van der Waals surface area contributed by atoms with Crippen LogP contribution in [-0.4, -0.2) is 113 Å². The Labute approximate surface area is 299 Å². The number of carbonyl (C=O) groups is 3. The lowest BCUT2D eigenvalue weighted by atomic mass is 9.37. The Bertz CT molecular complexity index is 1780. The van der Waals surface area contributed by atoms with E-state index in [1.54, 1.807) is 19.1 Å². The van der Waals surface area contributed by atoms with Crippen molar-refractivity contribution in [3.63, 3.8) is 0 Å². The summed E-state index contributed by atoms with van der Waals surface area (Å²) in [5, 5.41) is 37.5. The van der Waals surface area contributed by atoms with Crippen LogP contribution in [0.25, 0.3) is 6.08 Å². The van der Waals surface area contributed by atoms with Gasteiger partial charge in [0.05, 0.1) is 44.9 Å². The van der Waals surface area contributed by atoms with E-state index in [1.165, 1.54) is 19.3 Å². The Morgan fingerprint density at radius 2 is 1.75 bits per heavy atom. The van der Waals surface area contributed by atoms with E-state index in [2.05, 4.69) is 0 Å². The summed E-state index contributed by atoms with van der Waals surface area (Å²) < 4.78 is 49.2. The molecule has 5 aliphatic heterocycles. The van der Waals surface area contributed by atoms with E-state index in [0.29, 0.717) is 6.42 Å². The van der Waals surface area contributed by atoms with Gasteiger partial charge in [-0.1, -0.05) is 44.2 Å². The Kier molecular flexibility index (Phi) is 7.04. The normalized spacial score (nSPS) is 53.0. The smallest absolute Gasteiger partial charge is 0.366 e. The molecule has 5 heterocycles. The number of esters is 3. The van der Waals surface area contributed by atoms with Crippen molar-refractivity contribution in [2.75, 3.05) is 20.3 Å². The molecule has 1 aromatic rings. The average Bonchev–Trinajstić information content (AvgIpc) is 3.44. The number of ether oxygens (including phenoxy) is 8. The van der Waals surface area contributed by atoms with Crippen LogP contribution in [0.2, 0.25) is 0 Å². The lowest BCUT2D eigenvalue weighted by Gasteiger charge is -2.66. The maximum absolute atomic E-state index is 13.9. The second-order valence-corrected chi connectivity index (χ2v) is 16.5. The molecule has 3 aliphatic carbocycles. The zero-order valence-corrected chi connectivity index (χ0v) is 29.6. The number of carbonyl (C=O) groups excluding carboxylic acids is 3. The van der Waals surface area contributed by atoms with Crippen LogP contribution in [0.3, 0.4) is 0 Å². The van der Waals surface area contributed by atoms with Gasteiger partial charge in [-0.2, -0.15) is 0 Å². The first kappa shape index (κ1) is 34.4. The number of rotatable bonds is 6. The van der Waals surface area contributed by atoms with Crippen molar-refractivity contribution >= 4 is 24.0 Å². The molecular weight excluding hydrogens is 680 g/mol. The second kappa shape index (κ2) is 10.6. The zero-order valence-electron chi connectivity index (χ0n) is 29.6. The van der Waals surface area contributed by atoms with E-state index in [4.69, 9.17) is 37.9 Å². The fourth-order valence-corrected chi connectivity index (χ4v) is 12.6. The summed E-state index contributed by atoms with van der Waals surface area (Å²) >= 11 is 0. The van der Waals surface area contributed by atoms with Gasteiger partial charge in [0.25, 0.3) is 5.79 Å². The molecule has 7 fully saturated rings. The third-order valence-corrected chi connectivity index (χ3v) is 14.4. The second-order valence-electron chi connectivity index (χ2n) is 16.5. The molecule has 1 aromatic carbocycles. The Hall–Kier alpha value is -3.37. The van der Waals surface area contributed by atoms with Crippen molar-refractivity contribution < 1.29 is 67.6 Å². The molecule has 52 heavy (non-hydrogen) atoms. The minimum atomic E-state index is -2.68. The SMILES string of the molecule is COC(=O)C1(O)OCC23C(OC(=O)C=Cc4ccccc4)CC(OC(C)=O)C4(C)COC(C42)C(O)C(C)(C24OC2(C)C2CC4OC4OC=CC42O)C13. The molecule has 0 amide bonds.